The van der Waals surface area contributed by atoms with E-state index in [1.807, 2.05) is 20.8 Å². The fourth-order valence-electron chi connectivity index (χ4n) is 1.12. The van der Waals surface area contributed by atoms with Gasteiger partial charge in [0.05, 0.1) is 5.54 Å². The van der Waals surface area contributed by atoms with Crippen LogP contribution in [0.2, 0.25) is 0 Å². The molecule has 2 atom stereocenters. The van der Waals surface area contributed by atoms with Gasteiger partial charge in [0, 0.05) is 6.04 Å². The van der Waals surface area contributed by atoms with E-state index in [4.69, 9.17) is 5.73 Å². The van der Waals surface area contributed by atoms with Crippen molar-refractivity contribution in [2.75, 3.05) is 0 Å². The predicted octanol–water partition coefficient (Wildman–Crippen LogP) is 1.42. The van der Waals surface area contributed by atoms with Crippen LogP contribution in [-0.4, -0.2) is 17.5 Å². The number of carbonyl (C=O) groups excluding carboxylic acids is 1. The molecule has 0 spiro atoms. The van der Waals surface area contributed by atoms with Crippen LogP contribution in [-0.2, 0) is 4.79 Å². The lowest BCUT2D eigenvalue weighted by Gasteiger charge is -2.25. The van der Waals surface area contributed by atoms with Gasteiger partial charge in [-0.25, -0.2) is 0 Å². The summed E-state index contributed by atoms with van der Waals surface area (Å²) >= 11 is 0. The van der Waals surface area contributed by atoms with E-state index in [1.165, 1.54) is 0 Å². The number of rotatable bonds is 5. The summed E-state index contributed by atoms with van der Waals surface area (Å²) in [7, 11) is 0. The topological polar surface area (TPSA) is 55.1 Å². The molecular formula is C10H22N2O. The first-order valence-electron chi connectivity index (χ1n) is 5.03. The largest absolute Gasteiger partial charge is 0.352 e. The first kappa shape index (κ1) is 12.4. The summed E-state index contributed by atoms with van der Waals surface area (Å²) < 4.78 is 0. The van der Waals surface area contributed by atoms with Crippen LogP contribution in [0.15, 0.2) is 0 Å². The summed E-state index contributed by atoms with van der Waals surface area (Å²) in [6.45, 7) is 7.84. The van der Waals surface area contributed by atoms with E-state index < -0.39 is 5.54 Å². The van der Waals surface area contributed by atoms with Crippen LogP contribution < -0.4 is 11.1 Å². The predicted molar refractivity (Wildman–Crippen MR) is 55.4 cm³/mol. The summed E-state index contributed by atoms with van der Waals surface area (Å²) in [5.74, 6) is -0.0382. The highest BCUT2D eigenvalue weighted by molar-refractivity contribution is 5.85. The third-order valence-electron chi connectivity index (χ3n) is 2.28. The summed E-state index contributed by atoms with van der Waals surface area (Å²) in [6, 6.07) is 0.215. The van der Waals surface area contributed by atoms with Gasteiger partial charge in [0.2, 0.25) is 5.91 Å². The van der Waals surface area contributed by atoms with Crippen LogP contribution in [0, 0.1) is 0 Å². The molecule has 0 bridgehead atoms. The normalized spacial score (nSPS) is 17.6. The molecule has 0 saturated heterocycles. The van der Waals surface area contributed by atoms with E-state index >= 15 is 0 Å². The van der Waals surface area contributed by atoms with Crippen molar-refractivity contribution in [3.8, 4) is 0 Å². The quantitative estimate of drug-likeness (QED) is 0.682. The molecule has 0 aromatic rings. The smallest absolute Gasteiger partial charge is 0.240 e. The van der Waals surface area contributed by atoms with E-state index in [1.54, 1.807) is 6.92 Å². The Morgan fingerprint density at radius 3 is 2.46 bits per heavy atom. The molecule has 0 aliphatic rings. The first-order chi connectivity index (χ1) is 5.94. The highest BCUT2D eigenvalue weighted by Gasteiger charge is 2.27. The number of hydrogen-bond acceptors (Lipinski definition) is 2. The minimum Gasteiger partial charge on any atom is -0.352 e. The Balaban J connectivity index is 4.08. The van der Waals surface area contributed by atoms with Crippen molar-refractivity contribution in [3.63, 3.8) is 0 Å². The summed E-state index contributed by atoms with van der Waals surface area (Å²) in [4.78, 5) is 11.6. The molecule has 0 saturated carbocycles. The Bertz CT molecular complexity index is 166. The summed E-state index contributed by atoms with van der Waals surface area (Å²) in [5, 5.41) is 2.89. The van der Waals surface area contributed by atoms with Crippen molar-refractivity contribution >= 4 is 5.91 Å². The fourth-order valence-corrected chi connectivity index (χ4v) is 1.12. The molecule has 1 amide bonds. The van der Waals surface area contributed by atoms with E-state index in [2.05, 4.69) is 5.32 Å². The standard InChI is InChI=1S/C10H22N2O/c1-5-7-10(4,11)9(13)12-8(3)6-2/h8H,5-7,11H2,1-4H3,(H,12,13). The van der Waals surface area contributed by atoms with E-state index in [-0.39, 0.29) is 11.9 Å². The van der Waals surface area contributed by atoms with Gasteiger partial charge in [-0.2, -0.15) is 0 Å². The summed E-state index contributed by atoms with van der Waals surface area (Å²) in [6.07, 6.45) is 2.60. The Hall–Kier alpha value is -0.570. The molecule has 0 aliphatic carbocycles. The number of carbonyl (C=O) groups is 1. The Morgan fingerprint density at radius 2 is 2.08 bits per heavy atom. The van der Waals surface area contributed by atoms with Crippen molar-refractivity contribution < 1.29 is 4.79 Å². The molecule has 13 heavy (non-hydrogen) atoms. The number of hydrogen-bond donors (Lipinski definition) is 2. The molecule has 0 fully saturated rings. The average molecular weight is 186 g/mol. The average Bonchev–Trinajstić information content (AvgIpc) is 2.04. The van der Waals surface area contributed by atoms with Gasteiger partial charge >= 0.3 is 0 Å². The molecule has 0 rings (SSSR count). The maximum Gasteiger partial charge on any atom is 0.240 e. The lowest BCUT2D eigenvalue weighted by atomic mass is 9.96. The molecule has 3 N–H and O–H groups in total. The minimum atomic E-state index is -0.710. The van der Waals surface area contributed by atoms with Gasteiger partial charge in [0.15, 0.2) is 0 Å². The van der Waals surface area contributed by atoms with Crippen molar-refractivity contribution in [1.29, 1.82) is 0 Å². The molecule has 0 radical (unpaired) electrons. The van der Waals surface area contributed by atoms with Crippen LogP contribution in [0.4, 0.5) is 0 Å². The van der Waals surface area contributed by atoms with Crippen LogP contribution in [0.25, 0.3) is 0 Å². The molecule has 0 aromatic carbocycles. The fraction of sp³-hybridized carbons (Fsp3) is 0.900. The monoisotopic (exact) mass is 186 g/mol. The van der Waals surface area contributed by atoms with Crippen molar-refractivity contribution in [1.82, 2.24) is 5.32 Å². The van der Waals surface area contributed by atoms with Gasteiger partial charge in [-0.15, -0.1) is 0 Å². The molecule has 3 heteroatoms. The van der Waals surface area contributed by atoms with Gasteiger partial charge in [-0.1, -0.05) is 20.3 Å². The summed E-state index contributed by atoms with van der Waals surface area (Å²) in [5.41, 5.74) is 5.15. The van der Waals surface area contributed by atoms with Crippen molar-refractivity contribution in [3.05, 3.63) is 0 Å². The molecule has 0 aliphatic heterocycles. The number of amides is 1. The molecular weight excluding hydrogens is 164 g/mol. The lowest BCUT2D eigenvalue weighted by Crippen LogP contribution is -2.53. The maximum absolute atomic E-state index is 11.6. The maximum atomic E-state index is 11.6. The van der Waals surface area contributed by atoms with Crippen molar-refractivity contribution in [2.45, 2.75) is 58.5 Å². The third kappa shape index (κ3) is 4.27. The molecule has 3 nitrogen and oxygen atoms in total. The second-order valence-corrected chi connectivity index (χ2v) is 3.95. The molecule has 0 heterocycles. The zero-order valence-corrected chi connectivity index (χ0v) is 9.18. The van der Waals surface area contributed by atoms with E-state index in [9.17, 15) is 4.79 Å². The SMILES string of the molecule is CCCC(C)(N)C(=O)NC(C)CC. The number of nitrogens with two attached hydrogens (primary N) is 1. The van der Waals surface area contributed by atoms with Crippen molar-refractivity contribution in [2.24, 2.45) is 5.73 Å². The van der Waals surface area contributed by atoms with Crippen LogP contribution in [0.3, 0.4) is 0 Å². The van der Waals surface area contributed by atoms with Gasteiger partial charge in [-0.05, 0) is 26.7 Å². The second kappa shape index (κ2) is 5.22. The van der Waals surface area contributed by atoms with E-state index in [0.717, 1.165) is 19.3 Å². The van der Waals surface area contributed by atoms with Gasteiger partial charge in [0.1, 0.15) is 0 Å². The van der Waals surface area contributed by atoms with Crippen LogP contribution >= 0.6 is 0 Å². The highest BCUT2D eigenvalue weighted by atomic mass is 16.2. The van der Waals surface area contributed by atoms with E-state index in [0.29, 0.717) is 0 Å². The van der Waals surface area contributed by atoms with Gasteiger partial charge < -0.3 is 11.1 Å². The zero-order chi connectivity index (χ0) is 10.5. The second-order valence-electron chi connectivity index (χ2n) is 3.95. The van der Waals surface area contributed by atoms with Crippen LogP contribution in [0.1, 0.15) is 47.0 Å². The molecule has 0 aromatic heterocycles. The Labute approximate surface area is 81.1 Å². The van der Waals surface area contributed by atoms with Crippen LogP contribution in [0.5, 0.6) is 0 Å². The minimum absolute atomic E-state index is 0.0382. The highest BCUT2D eigenvalue weighted by Crippen LogP contribution is 2.08. The lowest BCUT2D eigenvalue weighted by molar-refractivity contribution is -0.126. The third-order valence-corrected chi connectivity index (χ3v) is 2.28. The number of nitrogens with one attached hydrogen (secondary N) is 1. The van der Waals surface area contributed by atoms with Gasteiger partial charge in [0.25, 0.3) is 0 Å². The first-order valence-corrected chi connectivity index (χ1v) is 5.03. The zero-order valence-electron chi connectivity index (χ0n) is 9.18. The Morgan fingerprint density at radius 1 is 1.54 bits per heavy atom. The molecule has 2 unspecified atom stereocenters. The molecule has 78 valence electrons. The van der Waals surface area contributed by atoms with Gasteiger partial charge in [-0.3, -0.25) is 4.79 Å². The Kier molecular flexibility index (Phi) is 4.99.